The molecule has 2 unspecified atom stereocenters. The minimum atomic E-state index is -0.0626. The third-order valence-corrected chi connectivity index (χ3v) is 5.11. The number of rotatable bonds is 5. The molecule has 4 nitrogen and oxygen atoms in total. The Hall–Kier alpha value is -1.72. The third-order valence-electron chi connectivity index (χ3n) is 4.20. The number of amides is 1. The van der Waals surface area contributed by atoms with Crippen LogP contribution in [-0.4, -0.2) is 23.5 Å². The van der Waals surface area contributed by atoms with Gasteiger partial charge < -0.3 is 11.1 Å². The number of nitrogens with two attached hydrogens (primary N) is 1. The Morgan fingerprint density at radius 3 is 2.91 bits per heavy atom. The van der Waals surface area contributed by atoms with Gasteiger partial charge in [0.05, 0.1) is 5.01 Å². The van der Waals surface area contributed by atoms with Gasteiger partial charge in [-0.25, -0.2) is 4.98 Å². The molecule has 2 aromatic rings. The van der Waals surface area contributed by atoms with Crippen LogP contribution in [0.25, 0.3) is 0 Å². The monoisotopic (exact) mass is 315 g/mol. The lowest BCUT2D eigenvalue weighted by atomic mass is 9.94. The largest absolute Gasteiger partial charge is 0.347 e. The summed E-state index contributed by atoms with van der Waals surface area (Å²) < 4.78 is 0. The van der Waals surface area contributed by atoms with Crippen molar-refractivity contribution in [1.82, 2.24) is 10.3 Å². The van der Waals surface area contributed by atoms with Gasteiger partial charge >= 0.3 is 0 Å². The molecule has 1 aliphatic rings. The second kappa shape index (κ2) is 7.03. The van der Waals surface area contributed by atoms with E-state index in [0.717, 1.165) is 30.7 Å². The predicted octanol–water partition coefficient (Wildman–Crippen LogP) is 2.71. The van der Waals surface area contributed by atoms with E-state index in [0.29, 0.717) is 18.2 Å². The molecule has 2 atom stereocenters. The fraction of sp³-hybridized carbons (Fsp3) is 0.412. The molecular weight excluding hydrogens is 294 g/mol. The molecule has 0 spiro atoms. The Kier molecular flexibility index (Phi) is 4.85. The summed E-state index contributed by atoms with van der Waals surface area (Å²) in [5.74, 6) is 0.347. The minimum Gasteiger partial charge on any atom is -0.347 e. The standard InChI is InChI=1S/C17H21N3OS/c18-10-9-16-19-15(11-22-16)17(21)20-14-8-4-7-13(14)12-5-2-1-3-6-12/h1-3,5-6,11,13-14H,4,7-10,18H2,(H,20,21). The molecule has 22 heavy (non-hydrogen) atoms. The van der Waals surface area contributed by atoms with E-state index in [9.17, 15) is 4.79 Å². The minimum absolute atomic E-state index is 0.0626. The van der Waals surface area contributed by atoms with Crippen LogP contribution >= 0.6 is 11.3 Å². The molecule has 0 aliphatic heterocycles. The normalized spacial score (nSPS) is 21.0. The molecule has 116 valence electrons. The van der Waals surface area contributed by atoms with E-state index in [1.807, 2.05) is 11.4 Å². The summed E-state index contributed by atoms with van der Waals surface area (Å²) in [4.78, 5) is 16.8. The number of thiazole rings is 1. The van der Waals surface area contributed by atoms with E-state index in [1.54, 1.807) is 0 Å². The number of hydrogen-bond acceptors (Lipinski definition) is 4. The molecule has 0 saturated heterocycles. The van der Waals surface area contributed by atoms with Gasteiger partial charge in [-0.2, -0.15) is 0 Å². The van der Waals surface area contributed by atoms with Crippen LogP contribution in [0.5, 0.6) is 0 Å². The third kappa shape index (κ3) is 3.36. The number of nitrogens with one attached hydrogen (secondary N) is 1. The summed E-state index contributed by atoms with van der Waals surface area (Å²) in [7, 11) is 0. The molecular formula is C17H21N3OS. The SMILES string of the molecule is NCCc1nc(C(=O)NC2CCCC2c2ccccc2)cs1. The number of carbonyl (C=O) groups is 1. The topological polar surface area (TPSA) is 68.0 Å². The van der Waals surface area contributed by atoms with Crippen molar-refractivity contribution in [2.45, 2.75) is 37.6 Å². The summed E-state index contributed by atoms with van der Waals surface area (Å²) >= 11 is 1.51. The molecule has 5 heteroatoms. The fourth-order valence-corrected chi connectivity index (χ4v) is 3.92. The lowest BCUT2D eigenvalue weighted by molar-refractivity contribution is 0.0930. The smallest absolute Gasteiger partial charge is 0.270 e. The van der Waals surface area contributed by atoms with Gasteiger partial charge in [-0.1, -0.05) is 36.8 Å². The van der Waals surface area contributed by atoms with Crippen molar-refractivity contribution < 1.29 is 4.79 Å². The lowest BCUT2D eigenvalue weighted by Gasteiger charge is -2.21. The van der Waals surface area contributed by atoms with Crippen LogP contribution in [0.4, 0.5) is 0 Å². The van der Waals surface area contributed by atoms with Crippen molar-refractivity contribution in [1.29, 1.82) is 0 Å². The zero-order valence-electron chi connectivity index (χ0n) is 12.5. The summed E-state index contributed by atoms with van der Waals surface area (Å²) in [5, 5.41) is 5.93. The van der Waals surface area contributed by atoms with Gasteiger partial charge in [0.25, 0.3) is 5.91 Å². The Morgan fingerprint density at radius 2 is 2.14 bits per heavy atom. The highest BCUT2D eigenvalue weighted by Gasteiger charge is 2.30. The van der Waals surface area contributed by atoms with Gasteiger partial charge in [-0.3, -0.25) is 4.79 Å². The highest BCUT2D eigenvalue weighted by atomic mass is 32.1. The predicted molar refractivity (Wildman–Crippen MR) is 89.2 cm³/mol. The van der Waals surface area contributed by atoms with E-state index in [1.165, 1.54) is 16.9 Å². The first-order valence-electron chi connectivity index (χ1n) is 7.78. The number of hydrogen-bond donors (Lipinski definition) is 2. The molecule has 0 bridgehead atoms. The van der Waals surface area contributed by atoms with Crippen molar-refractivity contribution in [2.75, 3.05) is 6.54 Å². The van der Waals surface area contributed by atoms with Crippen molar-refractivity contribution in [2.24, 2.45) is 5.73 Å². The molecule has 1 heterocycles. The van der Waals surface area contributed by atoms with E-state index >= 15 is 0 Å². The molecule has 1 aliphatic carbocycles. The van der Waals surface area contributed by atoms with Gasteiger partial charge in [-0.05, 0) is 24.9 Å². The van der Waals surface area contributed by atoms with Crippen LogP contribution in [0.2, 0.25) is 0 Å². The van der Waals surface area contributed by atoms with Gasteiger partial charge in [0.1, 0.15) is 5.69 Å². The maximum Gasteiger partial charge on any atom is 0.270 e. The Balaban J connectivity index is 1.67. The summed E-state index contributed by atoms with van der Waals surface area (Å²) in [6, 6.07) is 10.7. The van der Waals surface area contributed by atoms with Gasteiger partial charge in [0.2, 0.25) is 0 Å². The highest BCUT2D eigenvalue weighted by Crippen LogP contribution is 2.34. The Morgan fingerprint density at radius 1 is 1.32 bits per heavy atom. The summed E-state index contributed by atoms with van der Waals surface area (Å²) in [5.41, 5.74) is 7.36. The average molecular weight is 315 g/mol. The van der Waals surface area contributed by atoms with Crippen LogP contribution < -0.4 is 11.1 Å². The maximum absolute atomic E-state index is 12.4. The molecule has 1 fully saturated rings. The fourth-order valence-electron chi connectivity index (χ4n) is 3.13. The van der Waals surface area contributed by atoms with E-state index in [4.69, 9.17) is 5.73 Å². The van der Waals surface area contributed by atoms with Crippen LogP contribution in [0.1, 0.15) is 46.2 Å². The average Bonchev–Trinajstić information content (AvgIpc) is 3.18. The number of nitrogens with zero attached hydrogens (tertiary/aromatic N) is 1. The van der Waals surface area contributed by atoms with Crippen molar-refractivity contribution in [3.8, 4) is 0 Å². The highest BCUT2D eigenvalue weighted by molar-refractivity contribution is 7.09. The van der Waals surface area contributed by atoms with Crippen LogP contribution in [0.3, 0.4) is 0 Å². The Labute approximate surface area is 134 Å². The van der Waals surface area contributed by atoms with E-state index < -0.39 is 0 Å². The second-order valence-corrected chi connectivity index (χ2v) is 6.64. The maximum atomic E-state index is 12.4. The number of carbonyl (C=O) groups excluding carboxylic acids is 1. The molecule has 1 aromatic heterocycles. The van der Waals surface area contributed by atoms with Crippen LogP contribution in [-0.2, 0) is 6.42 Å². The molecule has 3 rings (SSSR count). The van der Waals surface area contributed by atoms with Crippen LogP contribution in [0.15, 0.2) is 35.7 Å². The molecule has 1 aromatic carbocycles. The summed E-state index contributed by atoms with van der Waals surface area (Å²) in [6.07, 6.45) is 4.05. The van der Waals surface area contributed by atoms with E-state index in [2.05, 4.69) is 34.6 Å². The zero-order chi connectivity index (χ0) is 15.4. The number of benzene rings is 1. The van der Waals surface area contributed by atoms with Gasteiger partial charge in [0, 0.05) is 23.8 Å². The quantitative estimate of drug-likeness (QED) is 0.891. The molecule has 1 saturated carbocycles. The first-order chi connectivity index (χ1) is 10.8. The van der Waals surface area contributed by atoms with Crippen molar-refractivity contribution in [3.05, 3.63) is 52.0 Å². The van der Waals surface area contributed by atoms with Gasteiger partial charge in [0.15, 0.2) is 0 Å². The first kappa shape index (κ1) is 15.2. The van der Waals surface area contributed by atoms with Gasteiger partial charge in [-0.15, -0.1) is 11.3 Å². The van der Waals surface area contributed by atoms with Crippen molar-refractivity contribution in [3.63, 3.8) is 0 Å². The zero-order valence-corrected chi connectivity index (χ0v) is 13.3. The van der Waals surface area contributed by atoms with Crippen LogP contribution in [0, 0.1) is 0 Å². The Bertz CT molecular complexity index is 626. The molecule has 1 amide bonds. The number of aromatic nitrogens is 1. The molecule has 3 N–H and O–H groups in total. The summed E-state index contributed by atoms with van der Waals surface area (Å²) in [6.45, 7) is 0.563. The second-order valence-electron chi connectivity index (χ2n) is 5.69. The lowest BCUT2D eigenvalue weighted by Crippen LogP contribution is -2.36. The van der Waals surface area contributed by atoms with Crippen molar-refractivity contribution >= 4 is 17.2 Å². The van der Waals surface area contributed by atoms with E-state index in [-0.39, 0.29) is 11.9 Å². The first-order valence-corrected chi connectivity index (χ1v) is 8.66. The molecule has 0 radical (unpaired) electrons.